The van der Waals surface area contributed by atoms with Gasteiger partial charge in [-0.15, -0.1) is 0 Å². The van der Waals surface area contributed by atoms with Crippen LogP contribution in [-0.2, 0) is 9.59 Å². The summed E-state index contributed by atoms with van der Waals surface area (Å²) in [6.07, 6.45) is -9.28. The Balaban J connectivity index is 0. The molecule has 0 aromatic rings. The molecule has 0 saturated heterocycles. The van der Waals surface area contributed by atoms with Crippen molar-refractivity contribution in [1.29, 1.82) is 0 Å². The average molecular weight is 287 g/mol. The van der Waals surface area contributed by atoms with E-state index < -0.39 is 36.4 Å². The average Bonchev–Trinajstić information content (AvgIpc) is 2.12. The van der Waals surface area contributed by atoms with Crippen molar-refractivity contribution in [2.45, 2.75) is 24.4 Å². The van der Waals surface area contributed by atoms with Crippen molar-refractivity contribution in [2.24, 2.45) is 0 Å². The van der Waals surface area contributed by atoms with Crippen LogP contribution in [0.25, 0.3) is 0 Å². The van der Waals surface area contributed by atoms with E-state index in [1.807, 2.05) is 0 Å². The second kappa shape index (κ2) is 6.74. The number of rotatable bonds is 5. The van der Waals surface area contributed by atoms with Gasteiger partial charge >= 0.3 is 29.5 Å². The zero-order chi connectivity index (χ0) is 11.5. The zero-order valence-corrected chi connectivity index (χ0v) is 6.81. The van der Waals surface area contributed by atoms with Crippen LogP contribution in [0.5, 0.6) is 0 Å². The molecule has 0 rings (SSSR count). The molecule has 0 heterocycles. The molecule has 0 saturated carbocycles. The van der Waals surface area contributed by atoms with Crippen molar-refractivity contribution in [1.82, 2.24) is 0 Å². The monoisotopic (exact) mass is 288 g/mol. The van der Waals surface area contributed by atoms with Gasteiger partial charge in [0.1, 0.15) is 12.2 Å². The molecule has 15 heavy (non-hydrogen) atoms. The molecule has 0 aromatic heterocycles. The third kappa shape index (κ3) is 4.57. The topological polar surface area (TPSA) is 156 Å². The molecule has 8 nitrogen and oxygen atoms in total. The molecular formula is C6H14GeO8. The van der Waals surface area contributed by atoms with Crippen LogP contribution in [0, 0.1) is 0 Å². The van der Waals surface area contributed by atoms with Crippen LogP contribution in [0.4, 0.5) is 0 Å². The summed E-state index contributed by atoms with van der Waals surface area (Å²) >= 11 is 0. The fourth-order valence-corrected chi connectivity index (χ4v) is 0.666. The molecule has 0 aliphatic heterocycles. The van der Waals surface area contributed by atoms with Gasteiger partial charge in [0.2, 0.25) is 0 Å². The second-order valence-corrected chi connectivity index (χ2v) is 2.55. The SMILES string of the molecule is O=C(O)[C@@H](O)[C@H](O)[C@H](O)[C@@H](O)C(=O)O.[GeH4]. The van der Waals surface area contributed by atoms with Gasteiger partial charge in [0.15, 0.2) is 12.2 Å². The molecule has 0 amide bonds. The van der Waals surface area contributed by atoms with Gasteiger partial charge < -0.3 is 30.6 Å². The van der Waals surface area contributed by atoms with Gasteiger partial charge in [0, 0.05) is 0 Å². The normalized spacial score (nSPS) is 18.1. The molecule has 0 aliphatic rings. The third-order valence-electron chi connectivity index (χ3n) is 1.50. The van der Waals surface area contributed by atoms with Crippen molar-refractivity contribution >= 4 is 29.5 Å². The number of aliphatic hydroxyl groups is 4. The summed E-state index contributed by atoms with van der Waals surface area (Å²) in [4.78, 5) is 20.2. The van der Waals surface area contributed by atoms with E-state index in [0.717, 1.165) is 0 Å². The van der Waals surface area contributed by atoms with E-state index >= 15 is 0 Å². The predicted molar refractivity (Wildman–Crippen MR) is 50.6 cm³/mol. The van der Waals surface area contributed by atoms with Crippen molar-refractivity contribution in [3.05, 3.63) is 0 Å². The van der Waals surface area contributed by atoms with Gasteiger partial charge in [0.05, 0.1) is 0 Å². The number of aliphatic carboxylic acids is 2. The molecule has 6 N–H and O–H groups in total. The minimum absolute atomic E-state index is 0. The van der Waals surface area contributed by atoms with E-state index in [-0.39, 0.29) is 17.6 Å². The Morgan fingerprint density at radius 2 is 0.933 bits per heavy atom. The van der Waals surface area contributed by atoms with Crippen LogP contribution in [0.2, 0.25) is 0 Å². The fourth-order valence-electron chi connectivity index (χ4n) is 0.666. The van der Waals surface area contributed by atoms with Crippen LogP contribution in [0.15, 0.2) is 0 Å². The molecule has 4 atom stereocenters. The van der Waals surface area contributed by atoms with Crippen LogP contribution in [-0.4, -0.2) is 84.6 Å². The number of hydrogen-bond donors (Lipinski definition) is 6. The van der Waals surface area contributed by atoms with E-state index in [1.165, 1.54) is 0 Å². The Kier molecular flexibility index (Phi) is 7.52. The first-order valence-corrected chi connectivity index (χ1v) is 3.47. The second-order valence-electron chi connectivity index (χ2n) is 2.55. The quantitative estimate of drug-likeness (QED) is 0.275. The fraction of sp³-hybridized carbons (Fsp3) is 0.667. The number of hydrogen-bond acceptors (Lipinski definition) is 6. The van der Waals surface area contributed by atoms with Gasteiger partial charge in [-0.3, -0.25) is 0 Å². The molecule has 0 unspecified atom stereocenters. The van der Waals surface area contributed by atoms with Crippen LogP contribution >= 0.6 is 0 Å². The molecule has 0 aliphatic carbocycles. The minimum atomic E-state index is -2.36. The molecule has 0 aromatic carbocycles. The zero-order valence-electron chi connectivity index (χ0n) is 6.81. The summed E-state index contributed by atoms with van der Waals surface area (Å²) in [6, 6.07) is 0. The van der Waals surface area contributed by atoms with E-state index in [1.54, 1.807) is 0 Å². The summed E-state index contributed by atoms with van der Waals surface area (Å²) in [5, 5.41) is 51.5. The van der Waals surface area contributed by atoms with Crippen molar-refractivity contribution in [3.8, 4) is 0 Å². The van der Waals surface area contributed by atoms with Crippen LogP contribution < -0.4 is 0 Å². The Morgan fingerprint density at radius 3 is 1.07 bits per heavy atom. The van der Waals surface area contributed by atoms with Crippen molar-refractivity contribution < 1.29 is 40.2 Å². The first kappa shape index (κ1) is 16.7. The third-order valence-corrected chi connectivity index (χ3v) is 1.50. The first-order chi connectivity index (χ1) is 6.29. The van der Waals surface area contributed by atoms with Gasteiger partial charge in [0.25, 0.3) is 0 Å². The molecule has 90 valence electrons. The van der Waals surface area contributed by atoms with Gasteiger partial charge in [-0.2, -0.15) is 0 Å². The van der Waals surface area contributed by atoms with Crippen LogP contribution in [0.1, 0.15) is 0 Å². The van der Waals surface area contributed by atoms with Crippen molar-refractivity contribution in [2.75, 3.05) is 0 Å². The number of carbonyl (C=O) groups is 2. The Bertz CT molecular complexity index is 207. The molecule has 0 fully saturated rings. The number of carboxylic acid groups (broad SMARTS) is 2. The predicted octanol–water partition coefficient (Wildman–Crippen LogP) is -4.85. The molecule has 0 radical (unpaired) electrons. The van der Waals surface area contributed by atoms with Crippen molar-refractivity contribution in [3.63, 3.8) is 0 Å². The molecule has 9 heteroatoms. The summed E-state index contributed by atoms with van der Waals surface area (Å²) in [6.45, 7) is 0. The molecule has 0 bridgehead atoms. The van der Waals surface area contributed by atoms with E-state index in [0.29, 0.717) is 0 Å². The van der Waals surface area contributed by atoms with Crippen LogP contribution in [0.3, 0.4) is 0 Å². The van der Waals surface area contributed by atoms with E-state index in [4.69, 9.17) is 30.6 Å². The first-order valence-electron chi connectivity index (χ1n) is 3.47. The molecular weight excluding hydrogens is 273 g/mol. The van der Waals surface area contributed by atoms with Gasteiger partial charge in [-0.25, -0.2) is 9.59 Å². The standard InChI is InChI=1S/C6H10O8.GeH4/c7-1(3(9)5(11)12)2(8)4(10)6(13)14;/h1-4,7-10H,(H,11,12)(H,13,14);1H4/t1-,2+,3+,4-;. The maximum absolute atomic E-state index is 10.1. The maximum atomic E-state index is 10.1. The number of carboxylic acids is 2. The van der Waals surface area contributed by atoms with Gasteiger partial charge in [-0.1, -0.05) is 0 Å². The number of aliphatic hydroxyl groups excluding tert-OH is 4. The van der Waals surface area contributed by atoms with E-state index in [2.05, 4.69) is 0 Å². The molecule has 0 spiro atoms. The Hall–Kier alpha value is -0.677. The summed E-state index contributed by atoms with van der Waals surface area (Å²) in [5.74, 6) is -3.68. The summed E-state index contributed by atoms with van der Waals surface area (Å²) < 4.78 is 0. The van der Waals surface area contributed by atoms with E-state index in [9.17, 15) is 9.59 Å². The summed E-state index contributed by atoms with van der Waals surface area (Å²) in [5.41, 5.74) is 0. The summed E-state index contributed by atoms with van der Waals surface area (Å²) in [7, 11) is 0. The van der Waals surface area contributed by atoms with Gasteiger partial charge in [-0.05, 0) is 0 Å². The Labute approximate surface area is 94.7 Å². The Morgan fingerprint density at radius 1 is 0.733 bits per heavy atom.